The molecule has 0 radical (unpaired) electrons. The molecule has 0 aromatic carbocycles. The average molecular weight is 289 g/mol. The first-order chi connectivity index (χ1) is 9.66. The molecule has 1 saturated carbocycles. The van der Waals surface area contributed by atoms with Crippen molar-refractivity contribution in [3.63, 3.8) is 0 Å². The first-order valence-electron chi connectivity index (χ1n) is 6.97. The van der Waals surface area contributed by atoms with Crippen molar-refractivity contribution in [2.45, 2.75) is 45.3 Å². The smallest absolute Gasteiger partial charge is 0.245 e. The molecule has 0 aliphatic heterocycles. The maximum absolute atomic E-state index is 12.7. The van der Waals surface area contributed by atoms with E-state index in [0.29, 0.717) is 6.04 Å². The monoisotopic (exact) mass is 289 g/mol. The largest absolute Gasteiger partial charge is 0.333 e. The number of aromatic nitrogens is 2. The summed E-state index contributed by atoms with van der Waals surface area (Å²) >= 11 is 1.74. The summed E-state index contributed by atoms with van der Waals surface area (Å²) in [6, 6.07) is 2.36. The molecule has 3 rings (SSSR count). The molecule has 1 amide bonds. The topological polar surface area (TPSA) is 38.1 Å². The van der Waals surface area contributed by atoms with Crippen LogP contribution in [0.2, 0.25) is 0 Å². The molecular weight excluding hydrogens is 270 g/mol. The zero-order valence-electron chi connectivity index (χ0n) is 11.8. The van der Waals surface area contributed by atoms with Gasteiger partial charge in [-0.15, -0.1) is 11.3 Å². The summed E-state index contributed by atoms with van der Waals surface area (Å²) in [6.45, 7) is 4.80. The minimum atomic E-state index is -0.182. The number of nitrogens with zero attached hydrogens (tertiary/aromatic N) is 3. The second-order valence-electron chi connectivity index (χ2n) is 5.41. The Labute approximate surface area is 123 Å². The van der Waals surface area contributed by atoms with Crippen molar-refractivity contribution >= 4 is 17.2 Å². The Bertz CT molecular complexity index is 586. The maximum atomic E-state index is 12.7. The maximum Gasteiger partial charge on any atom is 0.245 e. The molecule has 1 aliphatic carbocycles. The fourth-order valence-electron chi connectivity index (χ4n) is 2.36. The second-order valence-corrected chi connectivity index (χ2v) is 6.41. The highest BCUT2D eigenvalue weighted by Crippen LogP contribution is 2.32. The summed E-state index contributed by atoms with van der Waals surface area (Å²) in [7, 11) is 0. The predicted molar refractivity (Wildman–Crippen MR) is 79.6 cm³/mol. The van der Waals surface area contributed by atoms with Gasteiger partial charge in [0.05, 0.1) is 12.9 Å². The minimum Gasteiger partial charge on any atom is -0.333 e. The SMILES string of the molecule is Cc1ccsc1CN(C(=O)[C@H](C)n1ccnc1)C1CC1. The van der Waals surface area contributed by atoms with Gasteiger partial charge in [-0.2, -0.15) is 0 Å². The van der Waals surface area contributed by atoms with Gasteiger partial charge < -0.3 is 9.47 Å². The van der Waals surface area contributed by atoms with Crippen LogP contribution >= 0.6 is 11.3 Å². The van der Waals surface area contributed by atoms with Crippen LogP contribution in [0, 0.1) is 6.92 Å². The molecule has 2 heterocycles. The molecule has 106 valence electrons. The van der Waals surface area contributed by atoms with Crippen molar-refractivity contribution in [2.75, 3.05) is 0 Å². The number of hydrogen-bond donors (Lipinski definition) is 0. The summed E-state index contributed by atoms with van der Waals surface area (Å²) < 4.78 is 1.87. The highest BCUT2D eigenvalue weighted by Gasteiger charge is 2.35. The highest BCUT2D eigenvalue weighted by atomic mass is 32.1. The fraction of sp³-hybridized carbons (Fsp3) is 0.467. The minimum absolute atomic E-state index is 0.182. The summed E-state index contributed by atoms with van der Waals surface area (Å²) in [5.41, 5.74) is 1.28. The lowest BCUT2D eigenvalue weighted by atomic mass is 10.2. The molecule has 1 atom stereocenters. The van der Waals surface area contributed by atoms with E-state index in [2.05, 4.69) is 23.4 Å². The number of rotatable bonds is 5. The molecule has 0 spiro atoms. The zero-order valence-corrected chi connectivity index (χ0v) is 12.6. The molecule has 0 N–H and O–H groups in total. The molecule has 2 aromatic rings. The van der Waals surface area contributed by atoms with Crippen LogP contribution < -0.4 is 0 Å². The van der Waals surface area contributed by atoms with Crippen LogP contribution in [0.3, 0.4) is 0 Å². The molecule has 20 heavy (non-hydrogen) atoms. The van der Waals surface area contributed by atoms with Gasteiger partial charge in [-0.05, 0) is 43.7 Å². The standard InChI is InChI=1S/C15H19N3OS/c1-11-5-8-20-14(11)9-18(13-3-4-13)15(19)12(2)17-7-6-16-10-17/h5-8,10,12-13H,3-4,9H2,1-2H3/t12-/m0/s1. The number of carbonyl (C=O) groups excluding carboxylic acids is 1. The number of hydrogen-bond acceptors (Lipinski definition) is 3. The van der Waals surface area contributed by atoms with Crippen molar-refractivity contribution in [1.82, 2.24) is 14.5 Å². The third kappa shape index (κ3) is 2.63. The molecule has 5 heteroatoms. The molecule has 0 bridgehead atoms. The summed E-state index contributed by atoms with van der Waals surface area (Å²) in [5.74, 6) is 0.193. The van der Waals surface area contributed by atoms with E-state index in [1.807, 2.05) is 22.6 Å². The van der Waals surface area contributed by atoms with Crippen LogP contribution in [0.25, 0.3) is 0 Å². The van der Waals surface area contributed by atoms with Gasteiger partial charge in [-0.25, -0.2) is 4.98 Å². The first kappa shape index (κ1) is 13.4. The van der Waals surface area contributed by atoms with Crippen molar-refractivity contribution in [3.8, 4) is 0 Å². The lowest BCUT2D eigenvalue weighted by Gasteiger charge is -2.26. The number of amides is 1. The summed E-state index contributed by atoms with van der Waals surface area (Å²) in [4.78, 5) is 20.1. The Morgan fingerprint density at radius 3 is 2.95 bits per heavy atom. The van der Waals surface area contributed by atoms with Crippen LogP contribution in [0.15, 0.2) is 30.2 Å². The predicted octanol–water partition coefficient (Wildman–Crippen LogP) is 3.01. The van der Waals surface area contributed by atoms with Gasteiger partial charge in [0.25, 0.3) is 0 Å². The van der Waals surface area contributed by atoms with Crippen molar-refractivity contribution in [1.29, 1.82) is 0 Å². The van der Waals surface area contributed by atoms with Gasteiger partial charge in [0.15, 0.2) is 0 Å². The third-order valence-corrected chi connectivity index (χ3v) is 4.89. The van der Waals surface area contributed by atoms with Crippen LogP contribution in [0.4, 0.5) is 0 Å². The third-order valence-electron chi connectivity index (χ3n) is 3.88. The van der Waals surface area contributed by atoms with Gasteiger partial charge in [-0.3, -0.25) is 4.79 Å². The second kappa shape index (κ2) is 5.40. The highest BCUT2D eigenvalue weighted by molar-refractivity contribution is 7.10. The van der Waals surface area contributed by atoms with E-state index in [1.54, 1.807) is 23.9 Å². The Hall–Kier alpha value is -1.62. The van der Waals surface area contributed by atoms with Crippen LogP contribution in [-0.4, -0.2) is 26.4 Å². The fourth-order valence-corrected chi connectivity index (χ4v) is 3.26. The Morgan fingerprint density at radius 2 is 2.40 bits per heavy atom. The van der Waals surface area contributed by atoms with E-state index in [9.17, 15) is 4.79 Å². The lowest BCUT2D eigenvalue weighted by molar-refractivity contribution is -0.135. The molecule has 2 aromatic heterocycles. The van der Waals surface area contributed by atoms with E-state index in [1.165, 1.54) is 10.4 Å². The van der Waals surface area contributed by atoms with E-state index >= 15 is 0 Å². The van der Waals surface area contributed by atoms with Gasteiger partial charge in [0, 0.05) is 23.3 Å². The van der Waals surface area contributed by atoms with Crippen LogP contribution in [-0.2, 0) is 11.3 Å². The number of imidazole rings is 1. The summed E-state index contributed by atoms with van der Waals surface area (Å²) in [6.07, 6.45) is 7.54. The Kier molecular flexibility index (Phi) is 3.61. The van der Waals surface area contributed by atoms with Gasteiger partial charge in [0.1, 0.15) is 6.04 Å². The Morgan fingerprint density at radius 1 is 1.60 bits per heavy atom. The molecule has 4 nitrogen and oxygen atoms in total. The molecule has 0 saturated heterocycles. The number of aryl methyl sites for hydroxylation is 1. The van der Waals surface area contributed by atoms with Gasteiger partial charge in [-0.1, -0.05) is 0 Å². The normalized spacial score (nSPS) is 16.1. The van der Waals surface area contributed by atoms with E-state index < -0.39 is 0 Å². The number of thiophene rings is 1. The molecule has 1 fully saturated rings. The zero-order chi connectivity index (χ0) is 14.1. The van der Waals surface area contributed by atoms with E-state index in [4.69, 9.17) is 0 Å². The van der Waals surface area contributed by atoms with Crippen LogP contribution in [0.1, 0.15) is 36.2 Å². The van der Waals surface area contributed by atoms with Crippen molar-refractivity contribution in [2.24, 2.45) is 0 Å². The molecular formula is C15H19N3OS. The lowest BCUT2D eigenvalue weighted by Crippen LogP contribution is -2.37. The molecule has 1 aliphatic rings. The average Bonchev–Trinajstić information content (AvgIpc) is 2.98. The summed E-state index contributed by atoms with van der Waals surface area (Å²) in [5, 5.41) is 2.10. The van der Waals surface area contributed by atoms with Gasteiger partial charge >= 0.3 is 0 Å². The van der Waals surface area contributed by atoms with E-state index in [-0.39, 0.29) is 11.9 Å². The first-order valence-corrected chi connectivity index (χ1v) is 7.85. The van der Waals surface area contributed by atoms with Gasteiger partial charge in [0.2, 0.25) is 5.91 Å². The van der Waals surface area contributed by atoms with Crippen LogP contribution in [0.5, 0.6) is 0 Å². The van der Waals surface area contributed by atoms with Crippen molar-refractivity contribution < 1.29 is 4.79 Å². The molecule has 0 unspecified atom stereocenters. The Balaban J connectivity index is 1.77. The number of carbonyl (C=O) groups is 1. The quantitative estimate of drug-likeness (QED) is 0.848. The van der Waals surface area contributed by atoms with E-state index in [0.717, 1.165) is 19.4 Å². The van der Waals surface area contributed by atoms with Crippen molar-refractivity contribution in [3.05, 3.63) is 40.6 Å².